The number of hydrogen-bond acceptors (Lipinski definition) is 4. The largest absolute Gasteiger partial charge is 0.313 e. The van der Waals surface area contributed by atoms with Gasteiger partial charge in [-0.2, -0.15) is 0 Å². The van der Waals surface area contributed by atoms with E-state index in [1.165, 1.54) is 25.9 Å². The fraction of sp³-hybridized carbons (Fsp3) is 1.00. The van der Waals surface area contributed by atoms with E-state index in [1.54, 1.807) is 0 Å². The number of hydrogen-bond donors (Lipinski definition) is 2. The van der Waals surface area contributed by atoms with Gasteiger partial charge in [-0.3, -0.25) is 9.80 Å². The molecule has 4 heteroatoms. The van der Waals surface area contributed by atoms with E-state index in [1.807, 2.05) is 0 Å². The zero-order valence-corrected chi connectivity index (χ0v) is 15.7. The highest BCUT2D eigenvalue weighted by molar-refractivity contribution is 4.92. The van der Waals surface area contributed by atoms with Gasteiger partial charge in [0.15, 0.2) is 0 Å². The minimum Gasteiger partial charge on any atom is -0.313 e. The van der Waals surface area contributed by atoms with Gasteiger partial charge in [0.2, 0.25) is 0 Å². The fourth-order valence-corrected chi connectivity index (χ4v) is 4.47. The lowest BCUT2D eigenvalue weighted by atomic mass is 9.90. The van der Waals surface area contributed by atoms with Gasteiger partial charge in [-0.25, -0.2) is 0 Å². The van der Waals surface area contributed by atoms with Crippen LogP contribution in [0.3, 0.4) is 0 Å². The van der Waals surface area contributed by atoms with Gasteiger partial charge in [0.1, 0.15) is 0 Å². The first-order valence-electron chi connectivity index (χ1n) is 9.17. The van der Waals surface area contributed by atoms with Crippen LogP contribution in [0.4, 0.5) is 0 Å². The van der Waals surface area contributed by atoms with E-state index in [9.17, 15) is 0 Å². The van der Waals surface area contributed by atoms with Gasteiger partial charge in [-0.1, -0.05) is 0 Å². The fourth-order valence-electron chi connectivity index (χ4n) is 4.47. The minimum absolute atomic E-state index is 0.254. The third kappa shape index (κ3) is 4.67. The maximum Gasteiger partial charge on any atom is 0.0169 e. The summed E-state index contributed by atoms with van der Waals surface area (Å²) in [5, 5.41) is 7.48. The zero-order valence-electron chi connectivity index (χ0n) is 15.7. The van der Waals surface area contributed by atoms with Crippen LogP contribution in [0, 0.1) is 0 Å². The highest BCUT2D eigenvalue weighted by Crippen LogP contribution is 2.25. The Labute approximate surface area is 138 Å². The van der Waals surface area contributed by atoms with E-state index < -0.39 is 0 Å². The molecule has 0 aromatic rings. The summed E-state index contributed by atoms with van der Waals surface area (Å²) >= 11 is 0. The van der Waals surface area contributed by atoms with Gasteiger partial charge >= 0.3 is 0 Å². The van der Waals surface area contributed by atoms with Crippen molar-refractivity contribution < 1.29 is 0 Å². The van der Waals surface area contributed by atoms with Gasteiger partial charge in [0, 0.05) is 62.4 Å². The molecule has 0 aromatic carbocycles. The van der Waals surface area contributed by atoms with Crippen LogP contribution in [0.5, 0.6) is 0 Å². The molecule has 2 fully saturated rings. The molecule has 22 heavy (non-hydrogen) atoms. The second-order valence-corrected chi connectivity index (χ2v) is 8.72. The third-order valence-corrected chi connectivity index (χ3v) is 5.71. The molecular weight excluding hydrogens is 272 g/mol. The van der Waals surface area contributed by atoms with Crippen LogP contribution in [0.2, 0.25) is 0 Å². The molecule has 2 saturated heterocycles. The summed E-state index contributed by atoms with van der Waals surface area (Å²) in [6, 6.07) is 1.16. The number of rotatable bonds is 0. The van der Waals surface area contributed by atoms with Crippen molar-refractivity contribution in [3.8, 4) is 0 Å². The third-order valence-electron chi connectivity index (χ3n) is 5.71. The van der Waals surface area contributed by atoms with Crippen molar-refractivity contribution in [1.82, 2.24) is 20.4 Å². The number of nitrogens with zero attached hydrogens (tertiary/aromatic N) is 2. The van der Waals surface area contributed by atoms with Crippen molar-refractivity contribution in [1.29, 1.82) is 0 Å². The molecule has 2 heterocycles. The van der Waals surface area contributed by atoms with Crippen molar-refractivity contribution in [3.05, 3.63) is 0 Å². The van der Waals surface area contributed by atoms with Crippen molar-refractivity contribution in [2.24, 2.45) is 0 Å². The molecule has 4 nitrogen and oxygen atoms in total. The monoisotopic (exact) mass is 310 g/mol. The Morgan fingerprint density at radius 3 is 1.41 bits per heavy atom. The Morgan fingerprint density at radius 2 is 1.05 bits per heavy atom. The summed E-state index contributed by atoms with van der Waals surface area (Å²) in [4.78, 5) is 5.40. The molecule has 2 bridgehead atoms. The smallest absolute Gasteiger partial charge is 0.0169 e. The molecule has 0 radical (unpaired) electrons. The highest BCUT2D eigenvalue weighted by Gasteiger charge is 2.34. The Kier molecular flexibility index (Phi) is 5.92. The maximum absolute atomic E-state index is 3.74. The normalized spacial score (nSPS) is 40.1. The summed E-state index contributed by atoms with van der Waals surface area (Å²) in [5.74, 6) is 0. The highest BCUT2D eigenvalue weighted by atomic mass is 15.3. The molecule has 0 aliphatic carbocycles. The van der Waals surface area contributed by atoms with Gasteiger partial charge in [0.05, 0.1) is 0 Å². The molecule has 4 atom stereocenters. The lowest BCUT2D eigenvalue weighted by Gasteiger charge is -2.47. The predicted octanol–water partition coefficient (Wildman–Crippen LogP) is 1.91. The minimum atomic E-state index is 0.254. The topological polar surface area (TPSA) is 30.5 Å². The first kappa shape index (κ1) is 18.2. The Hall–Kier alpha value is -0.160. The van der Waals surface area contributed by atoms with Gasteiger partial charge in [-0.05, 0) is 54.4 Å². The lowest BCUT2D eigenvalue weighted by Crippen LogP contribution is -2.59. The molecule has 4 unspecified atom stereocenters. The molecule has 0 spiro atoms. The number of fused-ring (bicyclic) bond motifs is 3. The van der Waals surface area contributed by atoms with Crippen LogP contribution in [-0.2, 0) is 0 Å². The van der Waals surface area contributed by atoms with E-state index in [-0.39, 0.29) is 11.1 Å². The van der Waals surface area contributed by atoms with Crippen LogP contribution in [0.15, 0.2) is 0 Å². The average Bonchev–Trinajstić information content (AvgIpc) is 2.37. The first-order chi connectivity index (χ1) is 10.2. The van der Waals surface area contributed by atoms with E-state index in [0.29, 0.717) is 12.1 Å². The lowest BCUT2D eigenvalue weighted by molar-refractivity contribution is 0.0344. The molecule has 0 aromatic heterocycles. The van der Waals surface area contributed by atoms with Crippen LogP contribution in [0.1, 0.15) is 54.4 Å². The van der Waals surface area contributed by atoms with Crippen LogP contribution in [-0.4, -0.2) is 72.2 Å². The standard InChI is InChI=1S/C18H38N4/c1-15-13-17(3,4)21-10-8-20-16(2)14-18(5,6)22(12-11-21)9-7-19-15/h15-16,19-20H,7-14H2,1-6H3. The van der Waals surface area contributed by atoms with Crippen LogP contribution >= 0.6 is 0 Å². The SMILES string of the molecule is CC1CC(C)(C)N2CCNC(C)CC(C)(C)N(CCN1)CC2. The van der Waals surface area contributed by atoms with Gasteiger partial charge in [-0.15, -0.1) is 0 Å². The molecule has 2 aliphatic heterocycles. The average molecular weight is 311 g/mol. The van der Waals surface area contributed by atoms with Gasteiger partial charge < -0.3 is 10.6 Å². The van der Waals surface area contributed by atoms with Crippen LogP contribution < -0.4 is 10.6 Å². The molecule has 2 rings (SSSR count). The summed E-state index contributed by atoms with van der Waals surface area (Å²) in [6.45, 7) is 21.2. The second-order valence-electron chi connectivity index (χ2n) is 8.72. The quantitative estimate of drug-likeness (QED) is 0.715. The van der Waals surface area contributed by atoms with E-state index >= 15 is 0 Å². The summed E-state index contributed by atoms with van der Waals surface area (Å²) < 4.78 is 0. The van der Waals surface area contributed by atoms with E-state index in [4.69, 9.17) is 0 Å². The van der Waals surface area contributed by atoms with Gasteiger partial charge in [0.25, 0.3) is 0 Å². The molecule has 0 amide bonds. The summed E-state index contributed by atoms with van der Waals surface area (Å²) in [5.41, 5.74) is 0.507. The van der Waals surface area contributed by atoms with Crippen molar-refractivity contribution in [2.75, 3.05) is 39.3 Å². The summed E-state index contributed by atoms with van der Waals surface area (Å²) in [7, 11) is 0. The molecular formula is C18H38N4. The Morgan fingerprint density at radius 1 is 0.682 bits per heavy atom. The maximum atomic E-state index is 3.74. The summed E-state index contributed by atoms with van der Waals surface area (Å²) in [6.07, 6.45) is 2.43. The zero-order chi connectivity index (χ0) is 16.4. The van der Waals surface area contributed by atoms with Crippen molar-refractivity contribution in [3.63, 3.8) is 0 Å². The van der Waals surface area contributed by atoms with Crippen molar-refractivity contribution in [2.45, 2.75) is 77.5 Å². The Bertz CT molecular complexity index is 319. The first-order valence-corrected chi connectivity index (χ1v) is 9.17. The second kappa shape index (κ2) is 7.16. The van der Waals surface area contributed by atoms with Crippen LogP contribution in [0.25, 0.3) is 0 Å². The Balaban J connectivity index is 2.23. The van der Waals surface area contributed by atoms with Crippen molar-refractivity contribution >= 4 is 0 Å². The van der Waals surface area contributed by atoms with E-state index in [0.717, 1.165) is 26.2 Å². The predicted molar refractivity (Wildman–Crippen MR) is 95.5 cm³/mol. The molecule has 130 valence electrons. The number of nitrogens with one attached hydrogen (secondary N) is 2. The molecule has 2 aliphatic rings. The van der Waals surface area contributed by atoms with E-state index in [2.05, 4.69) is 62.0 Å². The molecule has 2 N–H and O–H groups in total. The molecule has 0 saturated carbocycles.